The van der Waals surface area contributed by atoms with E-state index in [1.54, 1.807) is 0 Å². The lowest BCUT2D eigenvalue weighted by Gasteiger charge is -2.36. The first-order chi connectivity index (χ1) is 13.1. The number of carbonyl (C=O) groups is 1. The van der Waals surface area contributed by atoms with E-state index in [0.717, 1.165) is 49.6 Å². The van der Waals surface area contributed by atoms with Gasteiger partial charge in [0.25, 0.3) is 5.91 Å². The molecule has 1 saturated heterocycles. The van der Waals surface area contributed by atoms with E-state index in [9.17, 15) is 4.79 Å². The van der Waals surface area contributed by atoms with E-state index in [0.29, 0.717) is 6.42 Å². The van der Waals surface area contributed by atoms with Crippen LogP contribution in [0.15, 0.2) is 48.5 Å². The molecule has 4 heteroatoms. The van der Waals surface area contributed by atoms with Crippen LogP contribution in [0.5, 0.6) is 5.75 Å². The van der Waals surface area contributed by atoms with Crippen molar-refractivity contribution in [1.29, 1.82) is 0 Å². The van der Waals surface area contributed by atoms with Crippen LogP contribution in [0.25, 0.3) is 0 Å². The summed E-state index contributed by atoms with van der Waals surface area (Å²) in [5.74, 6) is 0.927. The Morgan fingerprint density at radius 3 is 2.41 bits per heavy atom. The van der Waals surface area contributed by atoms with Crippen LogP contribution in [0.1, 0.15) is 30.0 Å². The summed E-state index contributed by atoms with van der Waals surface area (Å²) in [7, 11) is 0. The van der Waals surface area contributed by atoms with Gasteiger partial charge in [0.05, 0.1) is 0 Å². The van der Waals surface area contributed by atoms with Crippen molar-refractivity contribution >= 4 is 5.91 Å². The summed E-state index contributed by atoms with van der Waals surface area (Å²) in [6, 6.07) is 16.6. The topological polar surface area (TPSA) is 32.8 Å². The molecule has 144 valence electrons. The first-order valence-electron chi connectivity index (χ1n) is 9.85. The Kier molecular flexibility index (Phi) is 6.51. The van der Waals surface area contributed by atoms with Gasteiger partial charge in [0, 0.05) is 32.7 Å². The molecule has 0 N–H and O–H groups in total. The van der Waals surface area contributed by atoms with Crippen molar-refractivity contribution < 1.29 is 9.53 Å². The van der Waals surface area contributed by atoms with Crippen LogP contribution in [0.4, 0.5) is 0 Å². The molecule has 27 heavy (non-hydrogen) atoms. The van der Waals surface area contributed by atoms with Crippen molar-refractivity contribution in [2.45, 2.75) is 39.8 Å². The zero-order chi connectivity index (χ0) is 19.2. The van der Waals surface area contributed by atoms with Gasteiger partial charge in [-0.2, -0.15) is 0 Å². The minimum atomic E-state index is -0.411. The second-order valence-electron chi connectivity index (χ2n) is 7.37. The van der Waals surface area contributed by atoms with Gasteiger partial charge in [0.2, 0.25) is 0 Å². The number of hydrogen-bond acceptors (Lipinski definition) is 3. The predicted octanol–water partition coefficient (Wildman–Crippen LogP) is 3.81. The third-order valence-corrected chi connectivity index (χ3v) is 5.19. The average Bonchev–Trinajstić information content (AvgIpc) is 2.69. The molecule has 4 nitrogen and oxygen atoms in total. The molecule has 1 atom stereocenters. The Labute approximate surface area is 162 Å². The quantitative estimate of drug-likeness (QED) is 0.779. The van der Waals surface area contributed by atoms with Crippen molar-refractivity contribution in [1.82, 2.24) is 9.80 Å². The van der Waals surface area contributed by atoms with Crippen LogP contribution >= 0.6 is 0 Å². The molecule has 0 saturated carbocycles. The molecule has 1 aliphatic rings. The van der Waals surface area contributed by atoms with Crippen LogP contribution in [-0.2, 0) is 11.3 Å². The number of ether oxygens (including phenoxy) is 1. The molecular formula is C23H30N2O2. The summed E-state index contributed by atoms with van der Waals surface area (Å²) in [6.45, 7) is 10.4. The maximum Gasteiger partial charge on any atom is 0.263 e. The third kappa shape index (κ3) is 5.10. The SMILES string of the molecule is CC[C@@H](Oc1cc(C)ccc1C)C(=O)N1CCN(Cc2ccccc2)CC1. The average molecular weight is 367 g/mol. The van der Waals surface area contributed by atoms with Crippen molar-refractivity contribution in [3.05, 3.63) is 65.2 Å². The molecule has 0 aliphatic carbocycles. The Morgan fingerprint density at radius 2 is 1.74 bits per heavy atom. The van der Waals surface area contributed by atoms with Crippen molar-refractivity contribution in [3.8, 4) is 5.75 Å². The smallest absolute Gasteiger partial charge is 0.263 e. The maximum atomic E-state index is 13.0. The normalized spacial score (nSPS) is 16.2. The number of piperazine rings is 1. The lowest BCUT2D eigenvalue weighted by molar-refractivity contribution is -0.140. The fourth-order valence-electron chi connectivity index (χ4n) is 3.47. The number of benzene rings is 2. The zero-order valence-electron chi connectivity index (χ0n) is 16.6. The second-order valence-corrected chi connectivity index (χ2v) is 7.37. The van der Waals surface area contributed by atoms with Crippen LogP contribution in [-0.4, -0.2) is 48.0 Å². The van der Waals surface area contributed by atoms with E-state index in [1.165, 1.54) is 5.56 Å². The van der Waals surface area contributed by atoms with Crippen LogP contribution in [0.3, 0.4) is 0 Å². The fraction of sp³-hybridized carbons (Fsp3) is 0.435. The predicted molar refractivity (Wildman–Crippen MR) is 109 cm³/mol. The van der Waals surface area contributed by atoms with Gasteiger partial charge in [0.15, 0.2) is 6.10 Å². The van der Waals surface area contributed by atoms with Crippen molar-refractivity contribution in [2.24, 2.45) is 0 Å². The Hall–Kier alpha value is -2.33. The van der Waals surface area contributed by atoms with Crippen molar-refractivity contribution in [2.75, 3.05) is 26.2 Å². The molecule has 0 bridgehead atoms. The number of hydrogen-bond donors (Lipinski definition) is 0. The highest BCUT2D eigenvalue weighted by atomic mass is 16.5. The van der Waals surface area contributed by atoms with E-state index >= 15 is 0 Å². The number of nitrogens with zero attached hydrogens (tertiary/aromatic N) is 2. The molecule has 1 fully saturated rings. The van der Waals surface area contributed by atoms with Gasteiger partial charge in [-0.05, 0) is 43.0 Å². The minimum absolute atomic E-state index is 0.109. The second kappa shape index (κ2) is 9.05. The van der Waals surface area contributed by atoms with E-state index in [-0.39, 0.29) is 5.91 Å². The van der Waals surface area contributed by atoms with E-state index in [4.69, 9.17) is 4.74 Å². The number of rotatable bonds is 6. The van der Waals surface area contributed by atoms with Crippen LogP contribution in [0.2, 0.25) is 0 Å². The fourth-order valence-corrected chi connectivity index (χ4v) is 3.47. The van der Waals surface area contributed by atoms with Gasteiger partial charge in [-0.3, -0.25) is 9.69 Å². The summed E-state index contributed by atoms with van der Waals surface area (Å²) in [6.07, 6.45) is 0.266. The minimum Gasteiger partial charge on any atom is -0.480 e. The molecule has 0 unspecified atom stereocenters. The molecule has 1 aliphatic heterocycles. The number of carbonyl (C=O) groups excluding carboxylic acids is 1. The van der Waals surface area contributed by atoms with E-state index in [1.807, 2.05) is 43.9 Å². The summed E-state index contributed by atoms with van der Waals surface area (Å²) in [5.41, 5.74) is 3.54. The Bertz CT molecular complexity index is 752. The Morgan fingerprint density at radius 1 is 1.04 bits per heavy atom. The first kappa shape index (κ1) is 19.4. The zero-order valence-corrected chi connectivity index (χ0v) is 16.6. The van der Waals surface area contributed by atoms with Crippen molar-refractivity contribution in [3.63, 3.8) is 0 Å². The van der Waals surface area contributed by atoms with Crippen LogP contribution < -0.4 is 4.74 Å². The summed E-state index contributed by atoms with van der Waals surface area (Å²) in [4.78, 5) is 17.3. The molecule has 2 aromatic rings. The third-order valence-electron chi connectivity index (χ3n) is 5.19. The van der Waals surface area contributed by atoms with Gasteiger partial charge >= 0.3 is 0 Å². The lowest BCUT2D eigenvalue weighted by atomic mass is 10.1. The number of amides is 1. The highest BCUT2D eigenvalue weighted by Crippen LogP contribution is 2.22. The highest BCUT2D eigenvalue weighted by Gasteiger charge is 2.28. The molecule has 0 aromatic heterocycles. The Balaban J connectivity index is 1.56. The largest absolute Gasteiger partial charge is 0.480 e. The summed E-state index contributed by atoms with van der Waals surface area (Å²) in [5, 5.41) is 0. The molecule has 1 amide bonds. The van der Waals surface area contributed by atoms with Gasteiger partial charge in [-0.15, -0.1) is 0 Å². The van der Waals surface area contributed by atoms with Gasteiger partial charge in [0.1, 0.15) is 5.75 Å². The van der Waals surface area contributed by atoms with Gasteiger partial charge in [-0.25, -0.2) is 0 Å². The number of aryl methyl sites for hydroxylation is 2. The van der Waals surface area contributed by atoms with Gasteiger partial charge in [-0.1, -0.05) is 49.4 Å². The van der Waals surface area contributed by atoms with Gasteiger partial charge < -0.3 is 9.64 Å². The van der Waals surface area contributed by atoms with E-state index in [2.05, 4.69) is 35.2 Å². The first-order valence-corrected chi connectivity index (χ1v) is 9.85. The molecule has 3 rings (SSSR count). The highest BCUT2D eigenvalue weighted by molar-refractivity contribution is 5.81. The molecule has 0 spiro atoms. The molecule has 1 heterocycles. The lowest BCUT2D eigenvalue weighted by Crippen LogP contribution is -2.52. The summed E-state index contributed by atoms with van der Waals surface area (Å²) >= 11 is 0. The van der Waals surface area contributed by atoms with Crippen LogP contribution in [0, 0.1) is 13.8 Å². The standard InChI is InChI=1S/C23H30N2O2/c1-4-21(27-22-16-18(2)10-11-19(22)3)23(26)25-14-12-24(13-15-25)17-20-8-6-5-7-9-20/h5-11,16,21H,4,12-15,17H2,1-3H3/t21-/m1/s1. The maximum absolute atomic E-state index is 13.0. The molecule has 0 radical (unpaired) electrons. The molecule has 2 aromatic carbocycles. The monoisotopic (exact) mass is 366 g/mol. The van der Waals surface area contributed by atoms with E-state index < -0.39 is 6.10 Å². The molecular weight excluding hydrogens is 336 g/mol. The summed E-state index contributed by atoms with van der Waals surface area (Å²) < 4.78 is 6.11.